The summed E-state index contributed by atoms with van der Waals surface area (Å²) in [5.41, 5.74) is 1.72. The maximum atomic E-state index is 12.6. The molecule has 2 aromatic rings. The first-order valence-corrected chi connectivity index (χ1v) is 8.48. The Hall–Kier alpha value is -2.30. The molecule has 0 aliphatic carbocycles. The first-order chi connectivity index (χ1) is 11.4. The van der Waals surface area contributed by atoms with E-state index in [0.717, 1.165) is 16.5 Å². The van der Waals surface area contributed by atoms with E-state index < -0.39 is 0 Å². The number of aromatic amines is 1. The molecule has 1 saturated heterocycles. The van der Waals surface area contributed by atoms with Crippen LogP contribution in [-0.4, -0.2) is 52.8 Å². The fraction of sp³-hybridized carbons (Fsp3) is 0.474. The number of amides is 2. The largest absolute Gasteiger partial charge is 0.361 e. The first kappa shape index (κ1) is 16.6. The summed E-state index contributed by atoms with van der Waals surface area (Å²) in [5, 5.41) is 1.10. The number of piperazine rings is 1. The quantitative estimate of drug-likeness (QED) is 0.921. The van der Waals surface area contributed by atoms with E-state index in [1.165, 1.54) is 0 Å². The summed E-state index contributed by atoms with van der Waals surface area (Å²) >= 11 is 0. The number of nitrogens with one attached hydrogen (secondary N) is 1. The van der Waals surface area contributed by atoms with Crippen molar-refractivity contribution in [1.82, 2.24) is 14.8 Å². The molecule has 2 heterocycles. The van der Waals surface area contributed by atoms with Gasteiger partial charge in [-0.2, -0.15) is 0 Å². The number of fused-ring (bicyclic) bond motifs is 1. The lowest BCUT2D eigenvalue weighted by atomic mass is 9.94. The van der Waals surface area contributed by atoms with Gasteiger partial charge in [0.2, 0.25) is 11.8 Å². The fourth-order valence-corrected chi connectivity index (χ4v) is 3.19. The lowest BCUT2D eigenvalue weighted by Crippen LogP contribution is -2.53. The molecular formula is C19H25N3O2. The summed E-state index contributed by atoms with van der Waals surface area (Å²) in [6.07, 6.45) is 2.32. The number of carbonyl (C=O) groups is 2. The molecule has 1 N–H and O–H groups in total. The van der Waals surface area contributed by atoms with E-state index in [9.17, 15) is 9.59 Å². The summed E-state index contributed by atoms with van der Waals surface area (Å²) in [6.45, 7) is 8.27. The normalized spacial score (nSPS) is 15.8. The summed E-state index contributed by atoms with van der Waals surface area (Å²) < 4.78 is 0. The van der Waals surface area contributed by atoms with Gasteiger partial charge in [0.15, 0.2) is 0 Å². The van der Waals surface area contributed by atoms with E-state index in [-0.39, 0.29) is 17.2 Å². The van der Waals surface area contributed by atoms with E-state index in [4.69, 9.17) is 0 Å². The predicted molar refractivity (Wildman–Crippen MR) is 94.6 cm³/mol. The minimum absolute atomic E-state index is 0.127. The number of aromatic nitrogens is 1. The third kappa shape index (κ3) is 3.30. The first-order valence-electron chi connectivity index (χ1n) is 8.48. The van der Waals surface area contributed by atoms with Crippen molar-refractivity contribution in [3.8, 4) is 0 Å². The van der Waals surface area contributed by atoms with Crippen LogP contribution in [0.15, 0.2) is 30.5 Å². The average molecular weight is 327 g/mol. The standard InChI is InChI=1S/C19H25N3O2/c1-19(2,3)18(24)22-10-8-21(9-11-22)17(23)12-14-13-20-16-7-5-4-6-15(14)16/h4-7,13,20H,8-12H2,1-3H3. The molecule has 0 bridgehead atoms. The van der Waals surface area contributed by atoms with Crippen LogP contribution in [0.5, 0.6) is 0 Å². The van der Waals surface area contributed by atoms with Crippen molar-refractivity contribution >= 4 is 22.7 Å². The van der Waals surface area contributed by atoms with Crippen molar-refractivity contribution in [2.45, 2.75) is 27.2 Å². The Morgan fingerprint density at radius 2 is 1.67 bits per heavy atom. The molecule has 1 aliphatic heterocycles. The van der Waals surface area contributed by atoms with Crippen molar-refractivity contribution in [3.05, 3.63) is 36.0 Å². The topological polar surface area (TPSA) is 56.4 Å². The molecule has 0 unspecified atom stereocenters. The molecule has 5 heteroatoms. The van der Waals surface area contributed by atoms with Crippen LogP contribution in [-0.2, 0) is 16.0 Å². The zero-order chi connectivity index (χ0) is 17.3. The Labute approximate surface area is 142 Å². The van der Waals surface area contributed by atoms with Crippen LogP contribution in [0.1, 0.15) is 26.3 Å². The molecule has 1 aromatic carbocycles. The minimum Gasteiger partial charge on any atom is -0.361 e. The van der Waals surface area contributed by atoms with Crippen molar-refractivity contribution in [2.75, 3.05) is 26.2 Å². The van der Waals surface area contributed by atoms with Crippen LogP contribution >= 0.6 is 0 Å². The van der Waals surface area contributed by atoms with Gasteiger partial charge in [0, 0.05) is 48.7 Å². The van der Waals surface area contributed by atoms with E-state index in [0.29, 0.717) is 32.6 Å². The van der Waals surface area contributed by atoms with Gasteiger partial charge in [-0.3, -0.25) is 9.59 Å². The molecule has 0 spiro atoms. The molecule has 0 saturated carbocycles. The summed E-state index contributed by atoms with van der Waals surface area (Å²) in [5.74, 6) is 0.286. The Kier molecular flexibility index (Phi) is 4.35. The molecule has 0 radical (unpaired) electrons. The van der Waals surface area contributed by atoms with E-state index in [2.05, 4.69) is 4.98 Å². The lowest BCUT2D eigenvalue weighted by molar-refractivity contribution is -0.144. The lowest BCUT2D eigenvalue weighted by Gasteiger charge is -2.37. The maximum absolute atomic E-state index is 12.6. The maximum Gasteiger partial charge on any atom is 0.228 e. The average Bonchev–Trinajstić information content (AvgIpc) is 2.96. The molecule has 128 valence electrons. The van der Waals surface area contributed by atoms with Crippen LogP contribution in [0.2, 0.25) is 0 Å². The minimum atomic E-state index is -0.365. The van der Waals surface area contributed by atoms with Crippen LogP contribution < -0.4 is 0 Å². The molecule has 2 amide bonds. The van der Waals surface area contributed by atoms with Gasteiger partial charge in [0.05, 0.1) is 6.42 Å². The van der Waals surface area contributed by atoms with E-state index in [1.807, 2.05) is 61.0 Å². The van der Waals surface area contributed by atoms with Gasteiger partial charge < -0.3 is 14.8 Å². The van der Waals surface area contributed by atoms with Gasteiger partial charge in [-0.25, -0.2) is 0 Å². The summed E-state index contributed by atoms with van der Waals surface area (Å²) in [7, 11) is 0. The third-order valence-corrected chi connectivity index (χ3v) is 4.58. The molecule has 5 nitrogen and oxygen atoms in total. The highest BCUT2D eigenvalue weighted by Crippen LogP contribution is 2.21. The number of hydrogen-bond acceptors (Lipinski definition) is 2. The molecule has 3 rings (SSSR count). The smallest absolute Gasteiger partial charge is 0.228 e. The number of rotatable bonds is 2. The van der Waals surface area contributed by atoms with Crippen molar-refractivity contribution < 1.29 is 9.59 Å². The number of H-pyrrole nitrogens is 1. The molecule has 1 fully saturated rings. The monoisotopic (exact) mass is 327 g/mol. The Morgan fingerprint density at radius 1 is 1.04 bits per heavy atom. The van der Waals surface area contributed by atoms with Gasteiger partial charge >= 0.3 is 0 Å². The van der Waals surface area contributed by atoms with Crippen LogP contribution in [0.3, 0.4) is 0 Å². The highest BCUT2D eigenvalue weighted by molar-refractivity contribution is 5.89. The summed E-state index contributed by atoms with van der Waals surface area (Å²) in [4.78, 5) is 31.9. The zero-order valence-corrected chi connectivity index (χ0v) is 14.6. The van der Waals surface area contributed by atoms with Gasteiger partial charge in [0.1, 0.15) is 0 Å². The van der Waals surface area contributed by atoms with Gasteiger partial charge in [-0.15, -0.1) is 0 Å². The van der Waals surface area contributed by atoms with Crippen molar-refractivity contribution in [1.29, 1.82) is 0 Å². The third-order valence-electron chi connectivity index (χ3n) is 4.58. The highest BCUT2D eigenvalue weighted by atomic mass is 16.2. The predicted octanol–water partition coefficient (Wildman–Crippen LogP) is 2.43. The Balaban J connectivity index is 1.61. The van der Waals surface area contributed by atoms with Gasteiger partial charge in [0.25, 0.3) is 0 Å². The molecular weight excluding hydrogens is 302 g/mol. The Bertz CT molecular complexity index is 749. The second kappa shape index (κ2) is 6.30. The van der Waals surface area contributed by atoms with Crippen molar-refractivity contribution in [3.63, 3.8) is 0 Å². The van der Waals surface area contributed by atoms with Gasteiger partial charge in [-0.05, 0) is 11.6 Å². The van der Waals surface area contributed by atoms with Crippen molar-refractivity contribution in [2.24, 2.45) is 5.41 Å². The number of benzene rings is 1. The number of hydrogen-bond donors (Lipinski definition) is 1. The number of nitrogens with zero attached hydrogens (tertiary/aromatic N) is 2. The van der Waals surface area contributed by atoms with E-state index >= 15 is 0 Å². The Morgan fingerprint density at radius 3 is 2.33 bits per heavy atom. The molecule has 1 aromatic heterocycles. The van der Waals surface area contributed by atoms with E-state index in [1.54, 1.807) is 0 Å². The molecule has 0 atom stereocenters. The number of carbonyl (C=O) groups excluding carboxylic acids is 2. The fourth-order valence-electron chi connectivity index (χ4n) is 3.19. The second-order valence-corrected chi connectivity index (χ2v) is 7.46. The SMILES string of the molecule is CC(C)(C)C(=O)N1CCN(C(=O)Cc2c[nH]c3ccccc23)CC1. The van der Waals surface area contributed by atoms with Crippen LogP contribution in [0.25, 0.3) is 10.9 Å². The number of para-hydroxylation sites is 1. The molecule has 1 aliphatic rings. The second-order valence-electron chi connectivity index (χ2n) is 7.46. The van der Waals surface area contributed by atoms with Crippen LogP contribution in [0, 0.1) is 5.41 Å². The zero-order valence-electron chi connectivity index (χ0n) is 14.6. The van der Waals surface area contributed by atoms with Crippen LogP contribution in [0.4, 0.5) is 0 Å². The highest BCUT2D eigenvalue weighted by Gasteiger charge is 2.30. The molecule has 24 heavy (non-hydrogen) atoms. The summed E-state index contributed by atoms with van der Waals surface area (Å²) in [6, 6.07) is 8.02. The van der Waals surface area contributed by atoms with Gasteiger partial charge in [-0.1, -0.05) is 39.0 Å².